The van der Waals surface area contributed by atoms with Crippen LogP contribution in [0.3, 0.4) is 0 Å². The van der Waals surface area contributed by atoms with E-state index in [1.54, 1.807) is 25.0 Å². The van der Waals surface area contributed by atoms with Gasteiger partial charge in [-0.25, -0.2) is 8.42 Å². The van der Waals surface area contributed by atoms with Gasteiger partial charge in [-0.15, -0.1) is 0 Å². The first kappa shape index (κ1) is 13.0. The summed E-state index contributed by atoms with van der Waals surface area (Å²) in [7, 11) is 0.206. The second-order valence-electron chi connectivity index (χ2n) is 3.54. The Hall–Kier alpha value is -1.08. The van der Waals surface area contributed by atoms with Gasteiger partial charge in [-0.1, -0.05) is 6.92 Å². The third-order valence-electron chi connectivity index (χ3n) is 2.13. The molecule has 92 valence electrons. The summed E-state index contributed by atoms with van der Waals surface area (Å²) in [5.41, 5.74) is 1.33. The Morgan fingerprint density at radius 3 is 2.75 bits per heavy atom. The fourth-order valence-corrected chi connectivity index (χ4v) is 2.42. The van der Waals surface area contributed by atoms with E-state index >= 15 is 0 Å². The Morgan fingerprint density at radius 2 is 2.19 bits per heavy atom. The van der Waals surface area contributed by atoms with Gasteiger partial charge in [0.15, 0.2) is 0 Å². The zero-order chi connectivity index (χ0) is 12.2. The molecule has 0 aliphatic heterocycles. The van der Waals surface area contributed by atoms with Gasteiger partial charge in [-0.2, -0.15) is 5.10 Å². The van der Waals surface area contributed by atoms with Gasteiger partial charge in [-0.05, 0) is 13.5 Å². The number of aryl methyl sites for hydroxylation is 2. The molecule has 16 heavy (non-hydrogen) atoms. The second-order valence-corrected chi connectivity index (χ2v) is 5.38. The lowest BCUT2D eigenvalue weighted by atomic mass is 10.3. The van der Waals surface area contributed by atoms with E-state index in [-0.39, 0.29) is 5.75 Å². The van der Waals surface area contributed by atoms with Crippen molar-refractivity contribution in [1.82, 2.24) is 15.1 Å². The summed E-state index contributed by atoms with van der Waals surface area (Å²) in [6.07, 6.45) is 2.38. The molecule has 0 fully saturated rings. The summed E-state index contributed by atoms with van der Waals surface area (Å²) in [4.78, 5) is 0. The third kappa shape index (κ3) is 3.49. The molecule has 0 spiro atoms. The Bertz CT molecular complexity index is 438. The van der Waals surface area contributed by atoms with Crippen LogP contribution < -0.4 is 10.0 Å². The van der Waals surface area contributed by atoms with Crippen LogP contribution in [0.4, 0.5) is 5.69 Å². The molecule has 2 N–H and O–H groups in total. The molecule has 0 aromatic carbocycles. The van der Waals surface area contributed by atoms with E-state index in [9.17, 15) is 8.42 Å². The highest BCUT2D eigenvalue weighted by Crippen LogP contribution is 2.15. The highest BCUT2D eigenvalue weighted by atomic mass is 32.2. The van der Waals surface area contributed by atoms with E-state index in [1.807, 2.05) is 6.92 Å². The fourth-order valence-electron chi connectivity index (χ4n) is 1.34. The van der Waals surface area contributed by atoms with Crippen molar-refractivity contribution in [3.63, 3.8) is 0 Å². The smallest absolute Gasteiger partial charge is 0.234 e. The van der Waals surface area contributed by atoms with Crippen molar-refractivity contribution in [2.45, 2.75) is 13.3 Å². The largest absolute Gasteiger partial charge is 0.319 e. The molecule has 1 aromatic rings. The first-order valence-corrected chi connectivity index (χ1v) is 6.81. The maximum absolute atomic E-state index is 11.6. The van der Waals surface area contributed by atoms with Crippen LogP contribution in [0.15, 0.2) is 6.20 Å². The molecule has 0 aliphatic carbocycles. The normalized spacial score (nSPS) is 11.7. The van der Waals surface area contributed by atoms with Crippen molar-refractivity contribution in [1.29, 1.82) is 0 Å². The first-order valence-electron chi connectivity index (χ1n) is 5.16. The number of rotatable bonds is 6. The average molecular weight is 246 g/mol. The van der Waals surface area contributed by atoms with E-state index in [0.29, 0.717) is 18.7 Å². The number of nitrogens with zero attached hydrogens (tertiary/aromatic N) is 2. The van der Waals surface area contributed by atoms with Crippen molar-refractivity contribution in [3.8, 4) is 0 Å². The number of aromatic nitrogens is 2. The molecule has 0 atom stereocenters. The van der Waals surface area contributed by atoms with Gasteiger partial charge in [0.1, 0.15) is 0 Å². The molecule has 0 saturated carbocycles. The minimum atomic E-state index is -3.28. The Labute approximate surface area is 96.1 Å². The van der Waals surface area contributed by atoms with E-state index in [1.165, 1.54) is 0 Å². The lowest BCUT2D eigenvalue weighted by molar-refractivity contribution is 0.598. The van der Waals surface area contributed by atoms with Crippen LogP contribution in [0.1, 0.15) is 12.6 Å². The summed E-state index contributed by atoms with van der Waals surface area (Å²) in [5, 5.41) is 6.97. The summed E-state index contributed by atoms with van der Waals surface area (Å²) < 4.78 is 27.4. The molecule has 1 aromatic heterocycles. The lowest BCUT2D eigenvalue weighted by Gasteiger charge is -2.06. The van der Waals surface area contributed by atoms with E-state index in [0.717, 1.165) is 5.69 Å². The van der Waals surface area contributed by atoms with Crippen LogP contribution in [0.2, 0.25) is 0 Å². The number of nitrogens with one attached hydrogen (secondary N) is 2. The zero-order valence-electron chi connectivity index (χ0n) is 9.82. The maximum Gasteiger partial charge on any atom is 0.234 e. The van der Waals surface area contributed by atoms with Crippen LogP contribution in [-0.4, -0.2) is 37.5 Å². The molecule has 0 amide bonds. The van der Waals surface area contributed by atoms with Crippen molar-refractivity contribution >= 4 is 15.7 Å². The van der Waals surface area contributed by atoms with Crippen LogP contribution >= 0.6 is 0 Å². The van der Waals surface area contributed by atoms with E-state index in [2.05, 4.69) is 15.1 Å². The SMILES string of the molecule is CCc1nn(C)cc1NS(=O)(=O)CCNC. The van der Waals surface area contributed by atoms with Gasteiger partial charge in [0, 0.05) is 19.8 Å². The molecular weight excluding hydrogens is 228 g/mol. The van der Waals surface area contributed by atoms with Gasteiger partial charge < -0.3 is 5.32 Å². The zero-order valence-corrected chi connectivity index (χ0v) is 10.6. The summed E-state index contributed by atoms with van der Waals surface area (Å²) in [6, 6.07) is 0. The fraction of sp³-hybridized carbons (Fsp3) is 0.667. The quantitative estimate of drug-likeness (QED) is 0.737. The van der Waals surface area contributed by atoms with Crippen LogP contribution in [0.5, 0.6) is 0 Å². The topological polar surface area (TPSA) is 76.0 Å². The highest BCUT2D eigenvalue weighted by Gasteiger charge is 2.14. The van der Waals surface area contributed by atoms with Crippen molar-refractivity contribution in [2.24, 2.45) is 7.05 Å². The standard InChI is InChI=1S/C9H18N4O2S/c1-4-8-9(7-13(3)11-8)12-16(14,15)6-5-10-2/h7,10,12H,4-6H2,1-3H3. The van der Waals surface area contributed by atoms with Crippen LogP contribution in [0, 0.1) is 0 Å². The van der Waals surface area contributed by atoms with Crippen molar-refractivity contribution in [2.75, 3.05) is 24.1 Å². The van der Waals surface area contributed by atoms with Crippen molar-refractivity contribution in [3.05, 3.63) is 11.9 Å². The number of hydrogen-bond donors (Lipinski definition) is 2. The third-order valence-corrected chi connectivity index (χ3v) is 3.40. The van der Waals surface area contributed by atoms with E-state index in [4.69, 9.17) is 0 Å². The molecule has 7 heteroatoms. The number of hydrogen-bond acceptors (Lipinski definition) is 4. The van der Waals surface area contributed by atoms with Gasteiger partial charge in [0.25, 0.3) is 0 Å². The monoisotopic (exact) mass is 246 g/mol. The first-order chi connectivity index (χ1) is 7.48. The average Bonchev–Trinajstić information content (AvgIpc) is 2.55. The molecule has 0 aliphatic rings. The second kappa shape index (κ2) is 5.31. The minimum absolute atomic E-state index is 0.0571. The molecular formula is C9H18N4O2S. The van der Waals surface area contributed by atoms with Crippen LogP contribution in [0.25, 0.3) is 0 Å². The predicted octanol–water partition coefficient (Wildman–Crippen LogP) is -0.0564. The number of anilines is 1. The Balaban J connectivity index is 2.79. The summed E-state index contributed by atoms with van der Waals surface area (Å²) in [5.74, 6) is 0.0571. The molecule has 6 nitrogen and oxygen atoms in total. The predicted molar refractivity (Wildman–Crippen MR) is 63.9 cm³/mol. The molecule has 1 heterocycles. The Morgan fingerprint density at radius 1 is 1.50 bits per heavy atom. The molecule has 0 bridgehead atoms. The van der Waals surface area contributed by atoms with Gasteiger partial charge in [-0.3, -0.25) is 9.40 Å². The van der Waals surface area contributed by atoms with Gasteiger partial charge in [0.05, 0.1) is 17.1 Å². The summed E-state index contributed by atoms with van der Waals surface area (Å²) in [6.45, 7) is 2.37. The van der Waals surface area contributed by atoms with Crippen LogP contribution in [-0.2, 0) is 23.5 Å². The summed E-state index contributed by atoms with van der Waals surface area (Å²) >= 11 is 0. The Kier molecular flexibility index (Phi) is 4.31. The molecule has 0 saturated heterocycles. The molecule has 1 rings (SSSR count). The molecule has 0 unspecified atom stereocenters. The number of sulfonamides is 1. The van der Waals surface area contributed by atoms with Crippen molar-refractivity contribution < 1.29 is 8.42 Å². The van der Waals surface area contributed by atoms with Gasteiger partial charge >= 0.3 is 0 Å². The molecule has 0 radical (unpaired) electrons. The maximum atomic E-state index is 11.6. The lowest BCUT2D eigenvalue weighted by Crippen LogP contribution is -2.24. The van der Waals surface area contributed by atoms with E-state index < -0.39 is 10.0 Å². The minimum Gasteiger partial charge on any atom is -0.319 e. The van der Waals surface area contributed by atoms with Gasteiger partial charge in [0.2, 0.25) is 10.0 Å². The highest BCUT2D eigenvalue weighted by molar-refractivity contribution is 7.92.